The molecule has 14 heavy (non-hydrogen) atoms. The van der Waals surface area contributed by atoms with E-state index in [-0.39, 0.29) is 0 Å². The van der Waals surface area contributed by atoms with E-state index in [1.54, 1.807) is 6.33 Å². The predicted octanol–water partition coefficient (Wildman–Crippen LogP) is 1.46. The molecule has 0 saturated carbocycles. The van der Waals surface area contributed by atoms with Crippen molar-refractivity contribution in [1.82, 2.24) is 9.97 Å². The van der Waals surface area contributed by atoms with Crippen LogP contribution in [-0.2, 0) is 13.0 Å². The maximum atomic E-state index is 5.65. The molecule has 0 aliphatic carbocycles. The maximum absolute atomic E-state index is 5.65. The van der Waals surface area contributed by atoms with Gasteiger partial charge in [-0.05, 0) is 11.1 Å². The summed E-state index contributed by atoms with van der Waals surface area (Å²) in [6.07, 6.45) is 4.40. The first-order chi connectivity index (χ1) is 6.90. The molecule has 0 bridgehead atoms. The quantitative estimate of drug-likeness (QED) is 0.764. The highest BCUT2D eigenvalue weighted by molar-refractivity contribution is 5.30. The topological polar surface area (TPSA) is 54.7 Å². The zero-order valence-corrected chi connectivity index (χ0v) is 7.90. The molecule has 72 valence electrons. The Labute approximate surface area is 83.0 Å². The van der Waals surface area contributed by atoms with Gasteiger partial charge in [-0.3, -0.25) is 0 Å². The molecular weight excluding hydrogens is 174 g/mol. The number of hydrogen-bond acceptors (Lipinski definition) is 2. The Balaban J connectivity index is 2.24. The van der Waals surface area contributed by atoms with E-state index in [1.807, 2.05) is 18.3 Å². The molecule has 3 nitrogen and oxygen atoms in total. The molecule has 0 unspecified atom stereocenters. The van der Waals surface area contributed by atoms with Gasteiger partial charge in [0.2, 0.25) is 0 Å². The molecule has 0 spiro atoms. The van der Waals surface area contributed by atoms with Gasteiger partial charge in [0.25, 0.3) is 0 Å². The van der Waals surface area contributed by atoms with Crippen molar-refractivity contribution < 1.29 is 0 Å². The van der Waals surface area contributed by atoms with Crippen LogP contribution in [0.25, 0.3) is 0 Å². The van der Waals surface area contributed by atoms with Crippen molar-refractivity contribution in [3.63, 3.8) is 0 Å². The Hall–Kier alpha value is -1.61. The number of hydrogen-bond donors (Lipinski definition) is 2. The fourth-order valence-electron chi connectivity index (χ4n) is 1.52. The molecule has 2 aromatic rings. The summed E-state index contributed by atoms with van der Waals surface area (Å²) >= 11 is 0. The molecule has 0 radical (unpaired) electrons. The van der Waals surface area contributed by atoms with Crippen LogP contribution in [0.3, 0.4) is 0 Å². The summed E-state index contributed by atoms with van der Waals surface area (Å²) in [6.45, 7) is 0.588. The van der Waals surface area contributed by atoms with Crippen LogP contribution in [0, 0.1) is 0 Å². The molecule has 0 saturated heterocycles. The van der Waals surface area contributed by atoms with E-state index in [4.69, 9.17) is 5.73 Å². The largest absolute Gasteiger partial charge is 0.348 e. The second-order valence-corrected chi connectivity index (χ2v) is 3.23. The Morgan fingerprint density at radius 3 is 2.64 bits per heavy atom. The molecule has 1 aromatic heterocycles. The van der Waals surface area contributed by atoms with Gasteiger partial charge in [-0.2, -0.15) is 0 Å². The fraction of sp³-hybridized carbons (Fsp3) is 0.182. The molecule has 2 rings (SSSR count). The van der Waals surface area contributed by atoms with E-state index in [1.165, 1.54) is 11.1 Å². The molecule has 3 heteroatoms. The van der Waals surface area contributed by atoms with Crippen LogP contribution in [0.5, 0.6) is 0 Å². The number of H-pyrrole nitrogens is 1. The molecular formula is C11H13N3. The normalized spacial score (nSPS) is 10.4. The SMILES string of the molecule is NCc1ccccc1Cc1cnc[nH]1. The van der Waals surface area contributed by atoms with Gasteiger partial charge in [0.1, 0.15) is 0 Å². The van der Waals surface area contributed by atoms with Crippen LogP contribution in [0.4, 0.5) is 0 Å². The number of rotatable bonds is 3. The average molecular weight is 187 g/mol. The third-order valence-electron chi connectivity index (χ3n) is 2.27. The van der Waals surface area contributed by atoms with Crippen LogP contribution >= 0.6 is 0 Å². The van der Waals surface area contributed by atoms with Crippen molar-refractivity contribution in [3.8, 4) is 0 Å². The summed E-state index contributed by atoms with van der Waals surface area (Å²) in [4.78, 5) is 7.07. The van der Waals surface area contributed by atoms with Crippen LogP contribution in [0.2, 0.25) is 0 Å². The Morgan fingerprint density at radius 1 is 1.21 bits per heavy atom. The maximum Gasteiger partial charge on any atom is 0.0921 e. The van der Waals surface area contributed by atoms with Gasteiger partial charge in [-0.1, -0.05) is 24.3 Å². The highest BCUT2D eigenvalue weighted by Gasteiger charge is 2.01. The summed E-state index contributed by atoms with van der Waals surface area (Å²) in [6, 6.07) is 8.21. The van der Waals surface area contributed by atoms with Crippen LogP contribution in [0.1, 0.15) is 16.8 Å². The van der Waals surface area contributed by atoms with E-state index < -0.39 is 0 Å². The van der Waals surface area contributed by atoms with Gasteiger partial charge in [-0.15, -0.1) is 0 Å². The lowest BCUT2D eigenvalue weighted by Gasteiger charge is -2.05. The summed E-state index contributed by atoms with van der Waals surface area (Å²) in [7, 11) is 0. The molecule has 0 aliphatic rings. The van der Waals surface area contributed by atoms with Gasteiger partial charge in [0.15, 0.2) is 0 Å². The van der Waals surface area contributed by atoms with Gasteiger partial charge >= 0.3 is 0 Å². The Bertz CT molecular complexity index is 393. The zero-order chi connectivity index (χ0) is 9.80. The minimum Gasteiger partial charge on any atom is -0.348 e. The Morgan fingerprint density at radius 2 is 2.00 bits per heavy atom. The lowest BCUT2D eigenvalue weighted by molar-refractivity contribution is 1.00. The molecule has 1 aromatic carbocycles. The minimum absolute atomic E-state index is 0.588. The van der Waals surface area contributed by atoms with Crippen molar-refractivity contribution in [2.75, 3.05) is 0 Å². The lowest BCUT2D eigenvalue weighted by atomic mass is 10.0. The van der Waals surface area contributed by atoms with Crippen molar-refractivity contribution in [2.45, 2.75) is 13.0 Å². The van der Waals surface area contributed by atoms with Crippen molar-refractivity contribution in [2.24, 2.45) is 5.73 Å². The number of nitrogens with two attached hydrogens (primary N) is 1. The zero-order valence-electron chi connectivity index (χ0n) is 7.90. The lowest BCUT2D eigenvalue weighted by Crippen LogP contribution is -2.01. The first kappa shape index (κ1) is 8.97. The third kappa shape index (κ3) is 1.83. The monoisotopic (exact) mass is 187 g/mol. The number of benzene rings is 1. The Kier molecular flexibility index (Phi) is 2.60. The highest BCUT2D eigenvalue weighted by Crippen LogP contribution is 2.11. The van der Waals surface area contributed by atoms with Crippen LogP contribution in [0.15, 0.2) is 36.8 Å². The number of aromatic amines is 1. The number of nitrogens with one attached hydrogen (secondary N) is 1. The van der Waals surface area contributed by atoms with E-state index in [9.17, 15) is 0 Å². The molecule has 3 N–H and O–H groups in total. The van der Waals surface area contributed by atoms with Crippen LogP contribution in [-0.4, -0.2) is 9.97 Å². The predicted molar refractivity (Wildman–Crippen MR) is 55.7 cm³/mol. The van der Waals surface area contributed by atoms with Gasteiger partial charge in [0, 0.05) is 24.9 Å². The fourth-order valence-corrected chi connectivity index (χ4v) is 1.52. The molecule has 0 fully saturated rings. The molecule has 0 aliphatic heterocycles. The van der Waals surface area contributed by atoms with Crippen molar-refractivity contribution in [3.05, 3.63) is 53.6 Å². The molecule has 1 heterocycles. The smallest absolute Gasteiger partial charge is 0.0921 e. The minimum atomic E-state index is 0.588. The van der Waals surface area contributed by atoms with E-state index >= 15 is 0 Å². The average Bonchev–Trinajstić information content (AvgIpc) is 2.71. The van der Waals surface area contributed by atoms with E-state index in [2.05, 4.69) is 22.1 Å². The first-order valence-electron chi connectivity index (χ1n) is 4.64. The summed E-state index contributed by atoms with van der Waals surface area (Å²) in [5, 5.41) is 0. The van der Waals surface area contributed by atoms with Crippen molar-refractivity contribution >= 4 is 0 Å². The number of imidazole rings is 1. The summed E-state index contributed by atoms with van der Waals surface area (Å²) < 4.78 is 0. The number of aromatic nitrogens is 2. The van der Waals surface area contributed by atoms with Gasteiger partial charge in [-0.25, -0.2) is 4.98 Å². The second kappa shape index (κ2) is 4.07. The first-order valence-corrected chi connectivity index (χ1v) is 4.64. The van der Waals surface area contributed by atoms with E-state index in [0.717, 1.165) is 12.1 Å². The second-order valence-electron chi connectivity index (χ2n) is 3.23. The van der Waals surface area contributed by atoms with E-state index in [0.29, 0.717) is 6.54 Å². The van der Waals surface area contributed by atoms with Gasteiger partial charge < -0.3 is 10.7 Å². The summed E-state index contributed by atoms with van der Waals surface area (Å²) in [5.41, 5.74) is 9.23. The number of nitrogens with zero attached hydrogens (tertiary/aromatic N) is 1. The summed E-state index contributed by atoms with van der Waals surface area (Å²) in [5.74, 6) is 0. The molecule has 0 atom stereocenters. The third-order valence-corrected chi connectivity index (χ3v) is 2.27. The standard InChI is InChI=1S/C11H13N3/c12-6-10-4-2-1-3-9(10)5-11-7-13-8-14-11/h1-4,7-8H,5-6,12H2,(H,13,14). The molecule has 0 amide bonds. The van der Waals surface area contributed by atoms with Gasteiger partial charge in [0.05, 0.1) is 6.33 Å². The van der Waals surface area contributed by atoms with Crippen LogP contribution < -0.4 is 5.73 Å². The highest BCUT2D eigenvalue weighted by atomic mass is 14.9. The van der Waals surface area contributed by atoms with Crippen molar-refractivity contribution in [1.29, 1.82) is 0 Å².